The van der Waals surface area contributed by atoms with Gasteiger partial charge in [0.05, 0.1) is 17.4 Å². The van der Waals surface area contributed by atoms with Gasteiger partial charge in [-0.25, -0.2) is 17.8 Å². The third-order valence-electron chi connectivity index (χ3n) is 2.71. The van der Waals surface area contributed by atoms with Gasteiger partial charge in [0.25, 0.3) is 10.0 Å². The van der Waals surface area contributed by atoms with Crippen LogP contribution in [0.1, 0.15) is 19.4 Å². The minimum Gasteiger partial charge on any atom is -0.220 e. The average Bonchev–Trinajstić information content (AvgIpc) is 2.86. The Labute approximate surface area is 125 Å². The Morgan fingerprint density at radius 2 is 1.82 bits per heavy atom. The van der Waals surface area contributed by atoms with Crippen molar-refractivity contribution in [3.05, 3.63) is 42.1 Å². The number of nitrogens with zero attached hydrogens (tertiary/aromatic N) is 2. The number of sulfonamides is 1. The first-order valence-electron chi connectivity index (χ1n) is 6.36. The third-order valence-corrected chi connectivity index (χ3v) is 4.35. The molecule has 2 aromatic rings. The number of alkyl halides is 3. The summed E-state index contributed by atoms with van der Waals surface area (Å²) in [7, 11) is -3.97. The fourth-order valence-electron chi connectivity index (χ4n) is 1.94. The first-order chi connectivity index (χ1) is 10.1. The molecular formula is C13H14F3N3O2S. The van der Waals surface area contributed by atoms with E-state index in [2.05, 4.69) is 9.82 Å². The van der Waals surface area contributed by atoms with Crippen molar-refractivity contribution in [3.8, 4) is 5.69 Å². The highest BCUT2D eigenvalue weighted by molar-refractivity contribution is 7.89. The number of para-hydroxylation sites is 1. The van der Waals surface area contributed by atoms with E-state index in [0.29, 0.717) is 0 Å². The van der Waals surface area contributed by atoms with Crippen LogP contribution in [0.25, 0.3) is 5.69 Å². The molecule has 0 amide bonds. The Kier molecular flexibility index (Phi) is 4.30. The second-order valence-electron chi connectivity index (χ2n) is 4.87. The number of hydrogen-bond acceptors (Lipinski definition) is 3. The molecule has 0 saturated carbocycles. The summed E-state index contributed by atoms with van der Waals surface area (Å²) in [6.07, 6.45) is -3.48. The molecule has 9 heteroatoms. The first-order valence-corrected chi connectivity index (χ1v) is 7.84. The lowest BCUT2D eigenvalue weighted by Crippen LogP contribution is -2.32. The van der Waals surface area contributed by atoms with Gasteiger partial charge >= 0.3 is 6.18 Å². The molecule has 0 atom stereocenters. The Hall–Kier alpha value is -1.87. The zero-order valence-electron chi connectivity index (χ0n) is 11.8. The lowest BCUT2D eigenvalue weighted by molar-refractivity contribution is -0.137. The molecule has 0 fully saturated rings. The van der Waals surface area contributed by atoms with E-state index in [4.69, 9.17) is 0 Å². The van der Waals surface area contributed by atoms with Gasteiger partial charge in [-0.15, -0.1) is 0 Å². The second kappa shape index (κ2) is 5.73. The fraction of sp³-hybridized carbons (Fsp3) is 0.308. The van der Waals surface area contributed by atoms with Gasteiger partial charge in [0.2, 0.25) is 0 Å². The van der Waals surface area contributed by atoms with Crippen LogP contribution >= 0.6 is 0 Å². The summed E-state index contributed by atoms with van der Waals surface area (Å²) >= 11 is 0. The molecule has 0 spiro atoms. The van der Waals surface area contributed by atoms with Crippen molar-refractivity contribution < 1.29 is 21.6 Å². The maximum Gasteiger partial charge on any atom is 0.418 e. The quantitative estimate of drug-likeness (QED) is 0.935. The zero-order chi connectivity index (χ0) is 16.5. The summed E-state index contributed by atoms with van der Waals surface area (Å²) in [5, 5.41) is 3.38. The van der Waals surface area contributed by atoms with Gasteiger partial charge in [0.15, 0.2) is 5.03 Å². The van der Waals surface area contributed by atoms with E-state index >= 15 is 0 Å². The molecule has 0 radical (unpaired) electrons. The molecule has 0 bridgehead atoms. The summed E-state index contributed by atoms with van der Waals surface area (Å²) in [5.74, 6) is 0. The van der Waals surface area contributed by atoms with Crippen LogP contribution in [0.2, 0.25) is 0 Å². The first kappa shape index (κ1) is 16.5. The van der Waals surface area contributed by atoms with E-state index in [1.54, 1.807) is 13.8 Å². The number of rotatable bonds is 4. The molecule has 0 aliphatic rings. The molecule has 5 nitrogen and oxygen atoms in total. The summed E-state index contributed by atoms with van der Waals surface area (Å²) in [6.45, 7) is 3.23. The topological polar surface area (TPSA) is 64.0 Å². The highest BCUT2D eigenvalue weighted by atomic mass is 32.2. The van der Waals surface area contributed by atoms with Gasteiger partial charge in [-0.3, -0.25) is 0 Å². The van der Waals surface area contributed by atoms with Crippen LogP contribution in [0.5, 0.6) is 0 Å². The van der Waals surface area contributed by atoms with Crippen LogP contribution in [-0.2, 0) is 16.2 Å². The Balaban J connectivity index is 2.61. The highest BCUT2D eigenvalue weighted by Crippen LogP contribution is 2.34. The Morgan fingerprint density at radius 3 is 2.41 bits per heavy atom. The minimum absolute atomic E-state index is 0.343. The van der Waals surface area contributed by atoms with Gasteiger partial charge in [0.1, 0.15) is 0 Å². The molecule has 0 aliphatic carbocycles. The highest BCUT2D eigenvalue weighted by Gasteiger charge is 2.35. The summed E-state index contributed by atoms with van der Waals surface area (Å²) < 4.78 is 66.7. The van der Waals surface area contributed by atoms with Gasteiger partial charge in [-0.1, -0.05) is 12.1 Å². The Bertz CT molecular complexity index is 767. The van der Waals surface area contributed by atoms with Crippen molar-refractivity contribution >= 4 is 10.0 Å². The predicted octanol–water partition coefficient (Wildman–Crippen LogP) is 2.58. The van der Waals surface area contributed by atoms with Gasteiger partial charge in [-0.05, 0) is 32.0 Å². The van der Waals surface area contributed by atoms with Crippen LogP contribution in [0, 0.1) is 0 Å². The normalized spacial score (nSPS) is 12.8. The monoisotopic (exact) mass is 333 g/mol. The maximum atomic E-state index is 13.1. The number of hydrogen-bond donors (Lipinski definition) is 1. The van der Waals surface area contributed by atoms with Crippen LogP contribution < -0.4 is 4.72 Å². The molecule has 2 rings (SSSR count). The standard InChI is InChI=1S/C13H14F3N3O2S/c1-9(2)18-22(20,21)12-7-8-17-19(12)11-6-4-3-5-10(11)13(14,15)16/h3-9,18H,1-2H3. The van der Waals surface area contributed by atoms with Crippen molar-refractivity contribution in [2.24, 2.45) is 0 Å². The maximum absolute atomic E-state index is 13.1. The Morgan fingerprint density at radius 1 is 1.18 bits per heavy atom. The molecule has 0 unspecified atom stereocenters. The molecule has 22 heavy (non-hydrogen) atoms. The van der Waals surface area contributed by atoms with Crippen molar-refractivity contribution in [1.82, 2.24) is 14.5 Å². The fourth-order valence-corrected chi connectivity index (χ4v) is 3.30. The molecule has 0 aliphatic heterocycles. The van der Waals surface area contributed by atoms with Crippen molar-refractivity contribution in [2.45, 2.75) is 31.1 Å². The largest absolute Gasteiger partial charge is 0.418 e. The summed E-state index contributed by atoms with van der Waals surface area (Å²) in [4.78, 5) is 0. The van der Waals surface area contributed by atoms with Crippen molar-refractivity contribution in [2.75, 3.05) is 0 Å². The molecule has 1 aromatic heterocycles. The predicted molar refractivity (Wildman–Crippen MR) is 74.0 cm³/mol. The van der Waals surface area contributed by atoms with E-state index in [1.165, 1.54) is 18.2 Å². The minimum atomic E-state index is -4.62. The van der Waals surface area contributed by atoms with E-state index in [0.717, 1.165) is 23.0 Å². The van der Waals surface area contributed by atoms with Crippen molar-refractivity contribution in [3.63, 3.8) is 0 Å². The summed E-state index contributed by atoms with van der Waals surface area (Å²) in [6, 6.07) is 5.42. The second-order valence-corrected chi connectivity index (χ2v) is 6.53. The molecule has 1 aromatic carbocycles. The van der Waals surface area contributed by atoms with Crippen LogP contribution in [0.15, 0.2) is 41.6 Å². The van der Waals surface area contributed by atoms with E-state index in [-0.39, 0.29) is 10.7 Å². The lowest BCUT2D eigenvalue weighted by atomic mass is 10.2. The summed E-state index contributed by atoms with van der Waals surface area (Å²) in [5.41, 5.74) is -1.30. The van der Waals surface area contributed by atoms with E-state index in [1.807, 2.05) is 0 Å². The zero-order valence-corrected chi connectivity index (χ0v) is 12.6. The molecule has 120 valence electrons. The van der Waals surface area contributed by atoms with E-state index < -0.39 is 27.8 Å². The SMILES string of the molecule is CC(C)NS(=O)(=O)c1ccnn1-c1ccccc1C(F)(F)F. The van der Waals surface area contributed by atoms with Crippen LogP contribution in [0.4, 0.5) is 13.2 Å². The molecule has 1 heterocycles. The number of nitrogens with one attached hydrogen (secondary N) is 1. The van der Waals surface area contributed by atoms with Crippen LogP contribution in [0.3, 0.4) is 0 Å². The molecular weight excluding hydrogens is 319 g/mol. The number of aromatic nitrogens is 2. The average molecular weight is 333 g/mol. The van der Waals surface area contributed by atoms with E-state index in [9.17, 15) is 21.6 Å². The number of benzene rings is 1. The molecule has 0 saturated heterocycles. The number of halogens is 3. The van der Waals surface area contributed by atoms with Crippen LogP contribution in [-0.4, -0.2) is 24.2 Å². The molecule has 1 N–H and O–H groups in total. The smallest absolute Gasteiger partial charge is 0.220 e. The van der Waals surface area contributed by atoms with Gasteiger partial charge in [-0.2, -0.15) is 18.3 Å². The van der Waals surface area contributed by atoms with Gasteiger partial charge in [0, 0.05) is 6.04 Å². The van der Waals surface area contributed by atoms with Gasteiger partial charge < -0.3 is 0 Å². The third kappa shape index (κ3) is 3.30. The lowest BCUT2D eigenvalue weighted by Gasteiger charge is -2.15. The van der Waals surface area contributed by atoms with Crippen molar-refractivity contribution in [1.29, 1.82) is 0 Å².